The van der Waals surface area contributed by atoms with Gasteiger partial charge in [0.25, 0.3) is 5.91 Å². The summed E-state index contributed by atoms with van der Waals surface area (Å²) in [7, 11) is 1.31. The van der Waals surface area contributed by atoms with E-state index in [9.17, 15) is 9.59 Å². The number of hydrogen-bond donors (Lipinski definition) is 1. The lowest BCUT2D eigenvalue weighted by atomic mass is 10.0. The van der Waals surface area contributed by atoms with Crippen molar-refractivity contribution in [3.8, 4) is 0 Å². The first-order valence-electron chi connectivity index (χ1n) is 5.31. The van der Waals surface area contributed by atoms with Gasteiger partial charge in [-0.3, -0.25) is 4.79 Å². The summed E-state index contributed by atoms with van der Waals surface area (Å²) in [6, 6.07) is -0.616. The summed E-state index contributed by atoms with van der Waals surface area (Å²) in [6.07, 6.45) is 0.544. The number of nitrogens with one attached hydrogen (secondary N) is 1. The molecular formula is C11H16N2O3S. The maximum absolute atomic E-state index is 11.7. The molecule has 17 heavy (non-hydrogen) atoms. The van der Waals surface area contributed by atoms with Gasteiger partial charge in [0.05, 0.1) is 12.6 Å². The van der Waals surface area contributed by atoms with Crippen LogP contribution in [0.5, 0.6) is 0 Å². The van der Waals surface area contributed by atoms with Crippen LogP contribution in [-0.2, 0) is 9.53 Å². The van der Waals surface area contributed by atoms with Crippen LogP contribution in [-0.4, -0.2) is 30.0 Å². The number of amides is 1. The van der Waals surface area contributed by atoms with Gasteiger partial charge in [0, 0.05) is 5.38 Å². The van der Waals surface area contributed by atoms with Crippen molar-refractivity contribution in [2.75, 3.05) is 7.11 Å². The standard InChI is InChI=1S/C11H16N2O3S/c1-7(2)4-8(11(15)16-3)13-10(14)9-5-17-6-12-9/h5-8H,4H2,1-3H3,(H,13,14). The predicted octanol–water partition coefficient (Wildman–Crippen LogP) is 1.46. The second-order valence-corrected chi connectivity index (χ2v) is 4.77. The Morgan fingerprint density at radius 1 is 1.53 bits per heavy atom. The van der Waals surface area contributed by atoms with E-state index in [-0.39, 0.29) is 11.8 Å². The molecule has 0 aromatic carbocycles. The van der Waals surface area contributed by atoms with Gasteiger partial charge in [-0.25, -0.2) is 9.78 Å². The van der Waals surface area contributed by atoms with Crippen molar-refractivity contribution in [1.82, 2.24) is 10.3 Å². The third kappa shape index (κ3) is 4.14. The topological polar surface area (TPSA) is 68.3 Å². The third-order valence-corrected chi connectivity index (χ3v) is 2.75. The van der Waals surface area contributed by atoms with Crippen LogP contribution in [0.2, 0.25) is 0 Å². The van der Waals surface area contributed by atoms with Gasteiger partial charge >= 0.3 is 5.97 Å². The van der Waals surface area contributed by atoms with E-state index in [1.165, 1.54) is 18.4 Å². The Labute approximate surface area is 104 Å². The molecule has 0 aliphatic heterocycles. The van der Waals surface area contributed by atoms with Crippen LogP contribution in [0.4, 0.5) is 0 Å². The zero-order valence-corrected chi connectivity index (χ0v) is 10.9. The molecule has 0 aliphatic carbocycles. The van der Waals surface area contributed by atoms with Crippen LogP contribution in [0, 0.1) is 5.92 Å². The summed E-state index contributed by atoms with van der Waals surface area (Å²) in [6.45, 7) is 3.95. The normalized spacial score (nSPS) is 12.2. The third-order valence-electron chi connectivity index (χ3n) is 2.16. The van der Waals surface area contributed by atoms with Gasteiger partial charge in [-0.1, -0.05) is 13.8 Å². The Balaban J connectivity index is 2.66. The molecule has 1 rings (SSSR count). The average molecular weight is 256 g/mol. The maximum Gasteiger partial charge on any atom is 0.328 e. The molecule has 0 spiro atoms. The monoisotopic (exact) mass is 256 g/mol. The van der Waals surface area contributed by atoms with Gasteiger partial charge in [0.1, 0.15) is 11.7 Å². The van der Waals surface area contributed by atoms with Gasteiger partial charge in [-0.2, -0.15) is 0 Å². The Hall–Kier alpha value is -1.43. The Kier molecular flexibility index (Phi) is 5.09. The molecule has 5 nitrogen and oxygen atoms in total. The highest BCUT2D eigenvalue weighted by Gasteiger charge is 2.23. The Morgan fingerprint density at radius 2 is 2.24 bits per heavy atom. The molecular weight excluding hydrogens is 240 g/mol. The molecule has 1 aromatic rings. The molecule has 1 atom stereocenters. The molecule has 1 aromatic heterocycles. The molecule has 1 unspecified atom stereocenters. The van der Waals surface area contributed by atoms with Crippen LogP contribution in [0.3, 0.4) is 0 Å². The van der Waals surface area contributed by atoms with E-state index in [4.69, 9.17) is 0 Å². The van der Waals surface area contributed by atoms with Gasteiger partial charge in [0.15, 0.2) is 0 Å². The quantitative estimate of drug-likeness (QED) is 0.810. The van der Waals surface area contributed by atoms with Crippen LogP contribution in [0.15, 0.2) is 10.9 Å². The van der Waals surface area contributed by atoms with Gasteiger partial charge in [-0.15, -0.1) is 11.3 Å². The number of ether oxygens (including phenoxy) is 1. The average Bonchev–Trinajstić information content (AvgIpc) is 2.79. The van der Waals surface area contributed by atoms with Crippen LogP contribution >= 0.6 is 11.3 Å². The summed E-state index contributed by atoms with van der Waals surface area (Å²) in [5, 5.41) is 4.27. The molecule has 0 radical (unpaired) electrons. The SMILES string of the molecule is COC(=O)C(CC(C)C)NC(=O)c1cscn1. The van der Waals surface area contributed by atoms with E-state index in [1.807, 2.05) is 13.8 Å². The number of methoxy groups -OCH3 is 1. The molecule has 1 N–H and O–H groups in total. The lowest BCUT2D eigenvalue weighted by molar-refractivity contribution is -0.143. The van der Waals surface area contributed by atoms with E-state index in [2.05, 4.69) is 15.0 Å². The van der Waals surface area contributed by atoms with Crippen molar-refractivity contribution in [1.29, 1.82) is 0 Å². The number of carbonyl (C=O) groups is 2. The summed E-state index contributed by atoms with van der Waals surface area (Å²) < 4.78 is 4.66. The minimum absolute atomic E-state index is 0.287. The minimum atomic E-state index is -0.616. The number of thiazole rings is 1. The molecule has 6 heteroatoms. The van der Waals surface area contributed by atoms with Crippen molar-refractivity contribution in [2.45, 2.75) is 26.3 Å². The van der Waals surface area contributed by atoms with Gasteiger partial charge in [-0.05, 0) is 12.3 Å². The highest BCUT2D eigenvalue weighted by molar-refractivity contribution is 7.07. The first-order valence-corrected chi connectivity index (χ1v) is 6.25. The zero-order valence-electron chi connectivity index (χ0n) is 10.1. The molecule has 0 bridgehead atoms. The Bertz CT molecular complexity index is 376. The Morgan fingerprint density at radius 3 is 2.71 bits per heavy atom. The first kappa shape index (κ1) is 13.6. The number of esters is 1. The van der Waals surface area contributed by atoms with Crippen molar-refractivity contribution in [2.24, 2.45) is 5.92 Å². The van der Waals surface area contributed by atoms with E-state index in [1.54, 1.807) is 10.9 Å². The fourth-order valence-corrected chi connectivity index (χ4v) is 1.92. The largest absolute Gasteiger partial charge is 0.467 e. The summed E-state index contributed by atoms with van der Waals surface area (Å²) in [4.78, 5) is 27.1. The maximum atomic E-state index is 11.7. The van der Waals surface area contributed by atoms with Crippen molar-refractivity contribution >= 4 is 23.2 Å². The number of aromatic nitrogens is 1. The van der Waals surface area contributed by atoms with Crippen molar-refractivity contribution < 1.29 is 14.3 Å². The molecule has 94 valence electrons. The van der Waals surface area contributed by atoms with Crippen molar-refractivity contribution in [3.05, 3.63) is 16.6 Å². The highest BCUT2D eigenvalue weighted by Crippen LogP contribution is 2.08. The molecule has 0 saturated heterocycles. The van der Waals surface area contributed by atoms with Gasteiger partial charge in [0.2, 0.25) is 0 Å². The van der Waals surface area contributed by atoms with E-state index in [0.717, 1.165) is 0 Å². The van der Waals surface area contributed by atoms with E-state index >= 15 is 0 Å². The second kappa shape index (κ2) is 6.34. The number of hydrogen-bond acceptors (Lipinski definition) is 5. The zero-order chi connectivity index (χ0) is 12.8. The first-order chi connectivity index (χ1) is 8.04. The van der Waals surface area contributed by atoms with Crippen LogP contribution < -0.4 is 5.32 Å². The van der Waals surface area contributed by atoms with Crippen LogP contribution in [0.25, 0.3) is 0 Å². The fraction of sp³-hybridized carbons (Fsp3) is 0.545. The lowest BCUT2D eigenvalue weighted by Gasteiger charge is -2.17. The van der Waals surface area contributed by atoms with Crippen LogP contribution in [0.1, 0.15) is 30.8 Å². The summed E-state index contributed by atoms with van der Waals surface area (Å²) >= 11 is 1.33. The van der Waals surface area contributed by atoms with E-state index in [0.29, 0.717) is 12.1 Å². The lowest BCUT2D eigenvalue weighted by Crippen LogP contribution is -2.42. The number of carbonyl (C=O) groups excluding carboxylic acids is 2. The predicted molar refractivity (Wildman–Crippen MR) is 64.8 cm³/mol. The second-order valence-electron chi connectivity index (χ2n) is 4.05. The molecule has 1 amide bonds. The summed E-state index contributed by atoms with van der Waals surface area (Å²) in [5.41, 5.74) is 1.90. The summed E-state index contributed by atoms with van der Waals surface area (Å²) in [5.74, 6) is -0.487. The fourth-order valence-electron chi connectivity index (χ4n) is 1.38. The number of nitrogens with zero attached hydrogens (tertiary/aromatic N) is 1. The molecule has 0 fully saturated rings. The highest BCUT2D eigenvalue weighted by atomic mass is 32.1. The minimum Gasteiger partial charge on any atom is -0.467 e. The van der Waals surface area contributed by atoms with Crippen molar-refractivity contribution in [3.63, 3.8) is 0 Å². The number of rotatable bonds is 5. The van der Waals surface area contributed by atoms with Gasteiger partial charge < -0.3 is 10.1 Å². The molecule has 1 heterocycles. The van der Waals surface area contributed by atoms with E-state index < -0.39 is 12.0 Å². The molecule has 0 aliphatic rings. The molecule has 0 saturated carbocycles. The smallest absolute Gasteiger partial charge is 0.328 e.